The molecule has 0 aromatic carbocycles. The average Bonchev–Trinajstić information content (AvgIpc) is 1.84. The van der Waals surface area contributed by atoms with E-state index in [-0.39, 0.29) is 12.6 Å². The third-order valence-corrected chi connectivity index (χ3v) is 0.935. The average molecular weight is 181 g/mol. The monoisotopic (exact) mass is 181 g/mol. The lowest BCUT2D eigenvalue weighted by molar-refractivity contribution is -0.146. The number of hydrogen-bond acceptors (Lipinski definition) is 3. The molecule has 0 heterocycles. The second-order valence-corrected chi connectivity index (χ2v) is 2.56. The van der Waals surface area contributed by atoms with Gasteiger partial charge in [0.05, 0.1) is 19.2 Å². The van der Waals surface area contributed by atoms with Crippen LogP contribution < -0.4 is 5.32 Å². The molecule has 0 aliphatic heterocycles. The summed E-state index contributed by atoms with van der Waals surface area (Å²) in [5.41, 5.74) is 0. The van der Waals surface area contributed by atoms with Crippen molar-refractivity contribution in [1.82, 2.24) is 5.32 Å². The molecule has 0 aliphatic rings. The zero-order valence-electron chi connectivity index (χ0n) is 7.14. The summed E-state index contributed by atoms with van der Waals surface area (Å²) >= 11 is 0. The third-order valence-electron chi connectivity index (χ3n) is 0.935. The summed E-state index contributed by atoms with van der Waals surface area (Å²) < 4.78 is 27.8. The molecule has 0 bridgehead atoms. The first-order valence-corrected chi connectivity index (χ1v) is 3.70. The Kier molecular flexibility index (Phi) is 5.53. The van der Waals surface area contributed by atoms with Gasteiger partial charge in [0.1, 0.15) is 0 Å². The van der Waals surface area contributed by atoms with Crippen LogP contribution in [0.25, 0.3) is 0 Å². The van der Waals surface area contributed by atoms with E-state index in [9.17, 15) is 13.6 Å². The lowest BCUT2D eigenvalue weighted by Crippen LogP contribution is -2.30. The molecule has 12 heavy (non-hydrogen) atoms. The first kappa shape index (κ1) is 11.3. The molecule has 0 fully saturated rings. The van der Waals surface area contributed by atoms with Gasteiger partial charge in [-0.25, -0.2) is 8.78 Å². The van der Waals surface area contributed by atoms with Crippen molar-refractivity contribution in [2.24, 2.45) is 0 Å². The highest BCUT2D eigenvalue weighted by Gasteiger charge is 2.06. The van der Waals surface area contributed by atoms with Crippen LogP contribution in [0.5, 0.6) is 0 Å². The van der Waals surface area contributed by atoms with Crippen LogP contribution in [0.15, 0.2) is 0 Å². The Morgan fingerprint density at radius 2 is 2.08 bits per heavy atom. The number of halogens is 2. The Hall–Kier alpha value is -0.710. The second-order valence-electron chi connectivity index (χ2n) is 2.56. The van der Waals surface area contributed by atoms with Gasteiger partial charge in [0, 0.05) is 0 Å². The van der Waals surface area contributed by atoms with Gasteiger partial charge in [0.15, 0.2) is 0 Å². The fraction of sp³-hybridized carbons (Fsp3) is 0.857. The highest BCUT2D eigenvalue weighted by Crippen LogP contribution is 1.89. The van der Waals surface area contributed by atoms with Crippen molar-refractivity contribution in [3.8, 4) is 0 Å². The SMILES string of the molecule is CC(C)OC(=O)CNCC(F)F. The number of carbonyl (C=O) groups excluding carboxylic acids is 1. The Labute approximate surface area is 70.1 Å². The van der Waals surface area contributed by atoms with Crippen molar-refractivity contribution in [2.75, 3.05) is 13.1 Å². The van der Waals surface area contributed by atoms with Gasteiger partial charge >= 0.3 is 5.97 Å². The molecule has 0 saturated heterocycles. The molecule has 0 amide bonds. The van der Waals surface area contributed by atoms with Gasteiger partial charge in [0.2, 0.25) is 0 Å². The summed E-state index contributed by atoms with van der Waals surface area (Å²) in [6, 6.07) is 0. The molecule has 5 heteroatoms. The van der Waals surface area contributed by atoms with E-state index in [1.165, 1.54) is 0 Å². The van der Waals surface area contributed by atoms with Gasteiger partial charge in [-0.2, -0.15) is 0 Å². The Morgan fingerprint density at radius 1 is 1.50 bits per heavy atom. The van der Waals surface area contributed by atoms with Crippen LogP contribution in [-0.4, -0.2) is 31.6 Å². The number of hydrogen-bond donors (Lipinski definition) is 1. The highest BCUT2D eigenvalue weighted by molar-refractivity contribution is 5.71. The van der Waals surface area contributed by atoms with Crippen molar-refractivity contribution in [1.29, 1.82) is 0 Å². The quantitative estimate of drug-likeness (QED) is 0.637. The lowest BCUT2D eigenvalue weighted by Gasteiger charge is -2.07. The molecule has 0 spiro atoms. The largest absolute Gasteiger partial charge is 0.462 e. The Bertz CT molecular complexity index is 139. The van der Waals surface area contributed by atoms with E-state index in [2.05, 4.69) is 10.1 Å². The van der Waals surface area contributed by atoms with Gasteiger partial charge in [-0.05, 0) is 13.8 Å². The van der Waals surface area contributed by atoms with Crippen LogP contribution >= 0.6 is 0 Å². The van der Waals surface area contributed by atoms with E-state index in [4.69, 9.17) is 0 Å². The van der Waals surface area contributed by atoms with Crippen LogP contribution in [0.4, 0.5) is 8.78 Å². The predicted molar refractivity (Wildman–Crippen MR) is 40.1 cm³/mol. The third kappa shape index (κ3) is 7.40. The van der Waals surface area contributed by atoms with Crippen molar-refractivity contribution < 1.29 is 18.3 Å². The lowest BCUT2D eigenvalue weighted by atomic mass is 10.5. The zero-order valence-corrected chi connectivity index (χ0v) is 7.14. The van der Waals surface area contributed by atoms with Crippen molar-refractivity contribution >= 4 is 5.97 Å². The second kappa shape index (κ2) is 5.88. The number of alkyl halides is 2. The molecule has 72 valence electrons. The molecular formula is C7H13F2NO2. The summed E-state index contributed by atoms with van der Waals surface area (Å²) in [5, 5.41) is 2.27. The smallest absolute Gasteiger partial charge is 0.320 e. The molecule has 0 rings (SSSR count). The van der Waals surface area contributed by atoms with Gasteiger partial charge < -0.3 is 10.1 Å². The topological polar surface area (TPSA) is 38.3 Å². The van der Waals surface area contributed by atoms with E-state index in [0.717, 1.165) is 0 Å². The fourth-order valence-corrected chi connectivity index (χ4v) is 0.588. The number of rotatable bonds is 5. The zero-order chi connectivity index (χ0) is 9.56. The molecule has 0 aromatic rings. The normalized spacial score (nSPS) is 10.8. The summed E-state index contributed by atoms with van der Waals surface area (Å²) in [6.07, 6.45) is -2.64. The molecule has 0 aliphatic carbocycles. The standard InChI is InChI=1S/C7H13F2NO2/c1-5(2)12-7(11)4-10-3-6(8)9/h5-6,10H,3-4H2,1-2H3. The molecule has 3 nitrogen and oxygen atoms in total. The van der Waals surface area contributed by atoms with Crippen molar-refractivity contribution in [3.63, 3.8) is 0 Å². The minimum absolute atomic E-state index is 0.164. The van der Waals surface area contributed by atoms with Crippen LogP contribution in [0, 0.1) is 0 Å². The molecule has 0 radical (unpaired) electrons. The van der Waals surface area contributed by atoms with Gasteiger partial charge in [-0.1, -0.05) is 0 Å². The predicted octanol–water partition coefficient (Wildman–Crippen LogP) is 0.793. The molecule has 1 N–H and O–H groups in total. The summed E-state index contributed by atoms with van der Waals surface area (Å²) in [6.45, 7) is 2.76. The first-order valence-electron chi connectivity index (χ1n) is 3.70. The first-order chi connectivity index (χ1) is 5.52. The maximum absolute atomic E-state index is 11.5. The number of esters is 1. The molecule has 0 unspecified atom stereocenters. The Morgan fingerprint density at radius 3 is 2.50 bits per heavy atom. The van der Waals surface area contributed by atoms with E-state index < -0.39 is 18.9 Å². The molecule has 0 saturated carbocycles. The fourth-order valence-electron chi connectivity index (χ4n) is 0.588. The van der Waals surface area contributed by atoms with Gasteiger partial charge in [-0.15, -0.1) is 0 Å². The highest BCUT2D eigenvalue weighted by atomic mass is 19.3. The van der Waals surface area contributed by atoms with Crippen molar-refractivity contribution in [2.45, 2.75) is 26.4 Å². The van der Waals surface area contributed by atoms with E-state index >= 15 is 0 Å². The van der Waals surface area contributed by atoms with Gasteiger partial charge in [0.25, 0.3) is 6.43 Å². The van der Waals surface area contributed by atoms with Crippen molar-refractivity contribution in [3.05, 3.63) is 0 Å². The number of carbonyl (C=O) groups is 1. The van der Waals surface area contributed by atoms with Crippen LogP contribution in [-0.2, 0) is 9.53 Å². The maximum Gasteiger partial charge on any atom is 0.320 e. The molecule has 0 aromatic heterocycles. The summed E-state index contributed by atoms with van der Waals surface area (Å²) in [4.78, 5) is 10.7. The van der Waals surface area contributed by atoms with E-state index in [0.29, 0.717) is 0 Å². The molecular weight excluding hydrogens is 168 g/mol. The van der Waals surface area contributed by atoms with Gasteiger partial charge in [-0.3, -0.25) is 4.79 Å². The number of nitrogens with one attached hydrogen (secondary N) is 1. The van der Waals surface area contributed by atoms with Crippen LogP contribution in [0.1, 0.15) is 13.8 Å². The maximum atomic E-state index is 11.5. The summed E-state index contributed by atoms with van der Waals surface area (Å²) in [5.74, 6) is -0.509. The van der Waals surface area contributed by atoms with Crippen LogP contribution in [0.2, 0.25) is 0 Å². The van der Waals surface area contributed by atoms with E-state index in [1.54, 1.807) is 13.8 Å². The van der Waals surface area contributed by atoms with E-state index in [1.807, 2.05) is 0 Å². The Balaban J connectivity index is 3.32. The summed E-state index contributed by atoms with van der Waals surface area (Å²) in [7, 11) is 0. The molecule has 0 atom stereocenters. The number of ether oxygens (including phenoxy) is 1. The minimum atomic E-state index is -2.43. The minimum Gasteiger partial charge on any atom is -0.462 e. The van der Waals surface area contributed by atoms with Crippen LogP contribution in [0.3, 0.4) is 0 Å².